The summed E-state index contributed by atoms with van der Waals surface area (Å²) in [4.78, 5) is 27.3. The predicted octanol–water partition coefficient (Wildman–Crippen LogP) is 4.68. The van der Waals surface area contributed by atoms with Crippen molar-refractivity contribution in [3.63, 3.8) is 0 Å². The van der Waals surface area contributed by atoms with Crippen LogP contribution in [0.5, 0.6) is 0 Å². The van der Waals surface area contributed by atoms with E-state index in [1.807, 2.05) is 4.90 Å². The lowest BCUT2D eigenvalue weighted by atomic mass is 10.2. The van der Waals surface area contributed by atoms with Gasteiger partial charge in [0.15, 0.2) is 0 Å². The summed E-state index contributed by atoms with van der Waals surface area (Å²) in [5, 5.41) is 5.83. The molecule has 3 aromatic rings. The first-order valence-electron chi connectivity index (χ1n) is 10.0. The van der Waals surface area contributed by atoms with E-state index in [9.17, 15) is 18.4 Å². The van der Waals surface area contributed by atoms with E-state index >= 15 is 0 Å². The van der Waals surface area contributed by atoms with Crippen molar-refractivity contribution in [2.45, 2.75) is 6.92 Å². The molecule has 4 rings (SSSR count). The predicted molar refractivity (Wildman–Crippen MR) is 121 cm³/mol. The van der Waals surface area contributed by atoms with Gasteiger partial charge in [0.05, 0.1) is 28.8 Å². The van der Waals surface area contributed by atoms with Crippen molar-refractivity contribution in [1.29, 1.82) is 0 Å². The molecule has 0 spiro atoms. The lowest BCUT2D eigenvalue weighted by molar-refractivity contribution is 0.101. The molecule has 1 aliphatic heterocycles. The van der Waals surface area contributed by atoms with E-state index in [1.54, 1.807) is 25.1 Å². The van der Waals surface area contributed by atoms with Crippen molar-refractivity contribution in [3.05, 3.63) is 76.2 Å². The first kappa shape index (κ1) is 21.9. The van der Waals surface area contributed by atoms with E-state index in [4.69, 9.17) is 4.74 Å². The molecule has 0 bridgehead atoms. The van der Waals surface area contributed by atoms with Gasteiger partial charge in [-0.1, -0.05) is 6.07 Å². The van der Waals surface area contributed by atoms with Gasteiger partial charge in [0.1, 0.15) is 11.6 Å². The summed E-state index contributed by atoms with van der Waals surface area (Å²) < 4.78 is 33.2. The van der Waals surface area contributed by atoms with Gasteiger partial charge >= 0.3 is 0 Å². The molecule has 2 amide bonds. The summed E-state index contributed by atoms with van der Waals surface area (Å²) >= 11 is 1.09. The number of nitrogens with one attached hydrogen (secondary N) is 2. The third-order valence-corrected chi connectivity index (χ3v) is 6.16. The Kier molecular flexibility index (Phi) is 6.48. The highest BCUT2D eigenvalue weighted by Gasteiger charge is 2.18. The average molecular weight is 458 g/mol. The van der Waals surface area contributed by atoms with Crippen molar-refractivity contribution in [1.82, 2.24) is 0 Å². The van der Waals surface area contributed by atoms with Crippen LogP contribution in [0.4, 0.5) is 25.2 Å². The fourth-order valence-corrected chi connectivity index (χ4v) is 4.38. The van der Waals surface area contributed by atoms with Crippen molar-refractivity contribution in [2.24, 2.45) is 0 Å². The van der Waals surface area contributed by atoms with Crippen LogP contribution in [0.1, 0.15) is 25.6 Å². The number of carbonyl (C=O) groups is 2. The zero-order valence-corrected chi connectivity index (χ0v) is 18.1. The number of morpholine rings is 1. The smallest absolute Gasteiger partial charge is 0.266 e. The first-order chi connectivity index (χ1) is 15.4. The molecule has 1 saturated heterocycles. The zero-order chi connectivity index (χ0) is 22.7. The molecule has 2 N–H and O–H groups in total. The van der Waals surface area contributed by atoms with E-state index in [-0.39, 0.29) is 5.56 Å². The van der Waals surface area contributed by atoms with Crippen LogP contribution in [0.25, 0.3) is 0 Å². The van der Waals surface area contributed by atoms with Gasteiger partial charge in [-0.15, -0.1) is 11.3 Å². The lowest BCUT2D eigenvalue weighted by Crippen LogP contribution is -2.36. The van der Waals surface area contributed by atoms with Crippen molar-refractivity contribution < 1.29 is 23.1 Å². The highest BCUT2D eigenvalue weighted by Crippen LogP contribution is 2.29. The number of hydrogen-bond acceptors (Lipinski definition) is 5. The normalized spacial score (nSPS) is 13.7. The molecule has 6 nitrogen and oxygen atoms in total. The number of benzene rings is 2. The van der Waals surface area contributed by atoms with Crippen LogP contribution in [0.2, 0.25) is 0 Å². The Balaban J connectivity index is 1.44. The largest absolute Gasteiger partial charge is 0.378 e. The van der Waals surface area contributed by atoms with Crippen LogP contribution in [0.3, 0.4) is 0 Å². The number of amides is 2. The van der Waals surface area contributed by atoms with Crippen LogP contribution in [-0.2, 0) is 4.74 Å². The molecular weight excluding hydrogens is 436 g/mol. The highest BCUT2D eigenvalue weighted by atomic mass is 32.1. The molecular formula is C23H21F2N3O3S. The molecule has 32 heavy (non-hydrogen) atoms. The second kappa shape index (κ2) is 9.46. The quantitative estimate of drug-likeness (QED) is 0.584. The maximum absolute atomic E-state index is 14.6. The molecule has 2 aromatic carbocycles. The number of carbonyl (C=O) groups excluding carboxylic acids is 2. The number of halogens is 2. The van der Waals surface area contributed by atoms with Crippen LogP contribution >= 0.6 is 11.3 Å². The monoisotopic (exact) mass is 457 g/mol. The summed E-state index contributed by atoms with van der Waals surface area (Å²) in [6.45, 7) is 4.06. The third kappa shape index (κ3) is 4.95. The Morgan fingerprint density at radius 1 is 1.00 bits per heavy atom. The van der Waals surface area contributed by atoms with Crippen LogP contribution in [-0.4, -0.2) is 38.1 Å². The molecule has 166 valence electrons. The standard InChI is InChI=1S/C23H21F2N3O3S/c1-14-11-20(27-22(29)15-3-2-4-16(24)12-15)32-21(14)23(30)26-17-5-6-19(18(25)13-17)28-7-9-31-10-8-28/h2-6,11-13H,7-10H2,1H3,(H,26,30)(H,27,29). The maximum Gasteiger partial charge on any atom is 0.266 e. The van der Waals surface area contributed by atoms with Crippen molar-refractivity contribution >= 4 is 39.5 Å². The molecule has 0 unspecified atom stereocenters. The number of nitrogens with zero attached hydrogens (tertiary/aromatic N) is 1. The average Bonchev–Trinajstić information content (AvgIpc) is 3.14. The molecule has 0 saturated carbocycles. The molecule has 0 radical (unpaired) electrons. The minimum atomic E-state index is -0.507. The number of hydrogen-bond donors (Lipinski definition) is 2. The minimum absolute atomic E-state index is 0.179. The van der Waals surface area contributed by atoms with Crippen LogP contribution < -0.4 is 15.5 Å². The number of thiophene rings is 1. The highest BCUT2D eigenvalue weighted by molar-refractivity contribution is 7.18. The van der Waals surface area contributed by atoms with Crippen molar-refractivity contribution in [3.8, 4) is 0 Å². The van der Waals surface area contributed by atoms with Crippen molar-refractivity contribution in [2.75, 3.05) is 41.8 Å². The van der Waals surface area contributed by atoms with E-state index in [2.05, 4.69) is 10.6 Å². The number of aryl methyl sites for hydroxylation is 1. The van der Waals surface area contributed by atoms with E-state index in [1.165, 1.54) is 24.3 Å². The number of ether oxygens (including phenoxy) is 1. The summed E-state index contributed by atoms with van der Waals surface area (Å²) in [6.07, 6.45) is 0. The fraction of sp³-hybridized carbons (Fsp3) is 0.217. The Morgan fingerprint density at radius 2 is 1.78 bits per heavy atom. The second-order valence-corrected chi connectivity index (χ2v) is 8.36. The minimum Gasteiger partial charge on any atom is -0.378 e. The van der Waals surface area contributed by atoms with Gasteiger partial charge in [0.25, 0.3) is 11.8 Å². The second-order valence-electron chi connectivity index (χ2n) is 7.31. The Morgan fingerprint density at radius 3 is 2.50 bits per heavy atom. The van der Waals surface area contributed by atoms with Gasteiger partial charge in [-0.05, 0) is 55.0 Å². The van der Waals surface area contributed by atoms with Gasteiger partial charge < -0.3 is 20.3 Å². The van der Waals surface area contributed by atoms with Crippen LogP contribution in [0, 0.1) is 18.6 Å². The molecule has 1 aliphatic rings. The molecule has 0 atom stereocenters. The van der Waals surface area contributed by atoms with Crippen LogP contribution in [0.15, 0.2) is 48.5 Å². The summed E-state index contributed by atoms with van der Waals surface area (Å²) in [5.41, 5.74) is 1.65. The molecule has 2 heterocycles. The SMILES string of the molecule is Cc1cc(NC(=O)c2cccc(F)c2)sc1C(=O)Nc1ccc(N2CCOCC2)c(F)c1. The van der Waals surface area contributed by atoms with Gasteiger partial charge in [0, 0.05) is 24.3 Å². The van der Waals surface area contributed by atoms with Gasteiger partial charge in [-0.25, -0.2) is 8.78 Å². The van der Waals surface area contributed by atoms with E-state index in [0.717, 1.165) is 17.4 Å². The molecule has 9 heteroatoms. The Labute approximate surface area is 187 Å². The summed E-state index contributed by atoms with van der Waals surface area (Å²) in [7, 11) is 0. The molecule has 0 aliphatic carbocycles. The zero-order valence-electron chi connectivity index (χ0n) is 17.3. The number of rotatable bonds is 5. The van der Waals surface area contributed by atoms with E-state index < -0.39 is 23.4 Å². The molecule has 1 fully saturated rings. The summed E-state index contributed by atoms with van der Waals surface area (Å²) in [6, 6.07) is 11.6. The lowest BCUT2D eigenvalue weighted by Gasteiger charge is -2.29. The van der Waals surface area contributed by atoms with Gasteiger partial charge in [0.2, 0.25) is 0 Å². The van der Waals surface area contributed by atoms with Gasteiger partial charge in [-0.2, -0.15) is 0 Å². The van der Waals surface area contributed by atoms with E-state index in [0.29, 0.717) is 53.1 Å². The Hall–Kier alpha value is -3.30. The fourth-order valence-electron chi connectivity index (χ4n) is 3.42. The third-order valence-electron chi connectivity index (χ3n) is 5.00. The molecule has 1 aromatic heterocycles. The first-order valence-corrected chi connectivity index (χ1v) is 10.8. The maximum atomic E-state index is 14.6. The topological polar surface area (TPSA) is 70.7 Å². The summed E-state index contributed by atoms with van der Waals surface area (Å²) in [5.74, 6) is -1.81. The number of anilines is 3. The Bertz CT molecular complexity index is 1160. The van der Waals surface area contributed by atoms with Gasteiger partial charge in [-0.3, -0.25) is 9.59 Å².